The lowest BCUT2D eigenvalue weighted by atomic mass is 10.2. The molecule has 0 atom stereocenters. The second kappa shape index (κ2) is 6.32. The van der Waals surface area contributed by atoms with Crippen LogP contribution in [0.2, 0.25) is 0 Å². The standard InChI is InChI=1S/C16H15N5O2/c1-23-14-9-11(18-15-7-5-12(10-17)19-20-15)4-6-13(14)21-8-2-3-16(21)22/h4-7,9H,2-3,8H2,1H3,(H,18,20). The highest BCUT2D eigenvalue weighted by molar-refractivity contribution is 5.97. The van der Waals surface area contributed by atoms with E-state index in [-0.39, 0.29) is 11.6 Å². The number of anilines is 3. The third-order valence-electron chi connectivity index (χ3n) is 3.60. The van der Waals surface area contributed by atoms with Crippen LogP contribution in [0, 0.1) is 11.3 Å². The highest BCUT2D eigenvalue weighted by atomic mass is 16.5. The molecule has 0 saturated carbocycles. The monoisotopic (exact) mass is 309 g/mol. The van der Waals surface area contributed by atoms with Crippen LogP contribution in [0.15, 0.2) is 30.3 Å². The first-order valence-electron chi connectivity index (χ1n) is 7.20. The zero-order valence-electron chi connectivity index (χ0n) is 12.6. The van der Waals surface area contributed by atoms with Gasteiger partial charge in [-0.2, -0.15) is 5.26 Å². The molecule has 1 aliphatic heterocycles. The summed E-state index contributed by atoms with van der Waals surface area (Å²) in [5.41, 5.74) is 1.79. The van der Waals surface area contributed by atoms with Gasteiger partial charge in [-0.05, 0) is 30.7 Å². The molecule has 1 fully saturated rings. The Hall–Kier alpha value is -3.14. The van der Waals surface area contributed by atoms with Crippen LogP contribution in [-0.2, 0) is 4.79 Å². The number of methoxy groups -OCH3 is 1. The number of rotatable bonds is 4. The third-order valence-corrected chi connectivity index (χ3v) is 3.60. The first-order chi connectivity index (χ1) is 11.2. The molecule has 1 aromatic carbocycles. The Morgan fingerprint density at radius 2 is 2.17 bits per heavy atom. The first-order valence-corrected chi connectivity index (χ1v) is 7.20. The van der Waals surface area contributed by atoms with E-state index in [1.54, 1.807) is 30.2 Å². The van der Waals surface area contributed by atoms with Crippen LogP contribution in [0.5, 0.6) is 5.75 Å². The lowest BCUT2D eigenvalue weighted by Gasteiger charge is -2.19. The predicted octanol–water partition coefficient (Wildman–Crippen LogP) is 2.23. The average molecular weight is 309 g/mol. The van der Waals surface area contributed by atoms with Gasteiger partial charge in [0.25, 0.3) is 0 Å². The molecule has 0 radical (unpaired) electrons. The number of benzene rings is 1. The van der Waals surface area contributed by atoms with Crippen molar-refractivity contribution in [1.29, 1.82) is 5.26 Å². The molecule has 7 heteroatoms. The van der Waals surface area contributed by atoms with Gasteiger partial charge in [0.2, 0.25) is 5.91 Å². The minimum Gasteiger partial charge on any atom is -0.494 e. The molecule has 2 aromatic rings. The van der Waals surface area contributed by atoms with Crippen molar-refractivity contribution in [2.45, 2.75) is 12.8 Å². The van der Waals surface area contributed by atoms with E-state index < -0.39 is 0 Å². The maximum atomic E-state index is 11.9. The van der Waals surface area contributed by atoms with Crippen molar-refractivity contribution >= 4 is 23.1 Å². The van der Waals surface area contributed by atoms with Gasteiger partial charge in [-0.15, -0.1) is 10.2 Å². The molecule has 116 valence electrons. The van der Waals surface area contributed by atoms with Crippen molar-refractivity contribution in [3.05, 3.63) is 36.0 Å². The van der Waals surface area contributed by atoms with E-state index in [1.807, 2.05) is 18.2 Å². The van der Waals surface area contributed by atoms with E-state index >= 15 is 0 Å². The summed E-state index contributed by atoms with van der Waals surface area (Å²) < 4.78 is 5.41. The molecule has 0 spiro atoms. The number of aromatic nitrogens is 2. The molecule has 7 nitrogen and oxygen atoms in total. The zero-order valence-corrected chi connectivity index (χ0v) is 12.6. The van der Waals surface area contributed by atoms with E-state index in [0.717, 1.165) is 17.8 Å². The summed E-state index contributed by atoms with van der Waals surface area (Å²) in [4.78, 5) is 13.6. The fourth-order valence-corrected chi connectivity index (χ4v) is 2.49. The molecule has 3 rings (SSSR count). The highest BCUT2D eigenvalue weighted by Gasteiger charge is 2.24. The van der Waals surface area contributed by atoms with Crippen molar-refractivity contribution in [3.63, 3.8) is 0 Å². The minimum absolute atomic E-state index is 0.113. The van der Waals surface area contributed by atoms with Crippen LogP contribution in [-0.4, -0.2) is 29.8 Å². The molecule has 1 amide bonds. The van der Waals surface area contributed by atoms with E-state index in [1.165, 1.54) is 0 Å². The Morgan fingerprint density at radius 1 is 1.30 bits per heavy atom. The number of amides is 1. The topological polar surface area (TPSA) is 91.1 Å². The van der Waals surface area contributed by atoms with Crippen molar-refractivity contribution in [2.24, 2.45) is 0 Å². The maximum Gasteiger partial charge on any atom is 0.227 e. The van der Waals surface area contributed by atoms with Gasteiger partial charge in [-0.3, -0.25) is 4.79 Å². The summed E-state index contributed by atoms with van der Waals surface area (Å²) in [7, 11) is 1.57. The Kier molecular flexibility index (Phi) is 4.06. The van der Waals surface area contributed by atoms with Crippen LogP contribution in [0.4, 0.5) is 17.2 Å². The van der Waals surface area contributed by atoms with Crippen LogP contribution in [0.1, 0.15) is 18.5 Å². The van der Waals surface area contributed by atoms with Gasteiger partial charge < -0.3 is 15.0 Å². The van der Waals surface area contributed by atoms with Gasteiger partial charge in [0, 0.05) is 24.7 Å². The summed E-state index contributed by atoms with van der Waals surface area (Å²) in [5.74, 6) is 1.25. The van der Waals surface area contributed by atoms with Gasteiger partial charge in [0.15, 0.2) is 11.5 Å². The molecule has 1 aromatic heterocycles. The number of nitrogens with one attached hydrogen (secondary N) is 1. The van der Waals surface area contributed by atoms with Gasteiger partial charge in [-0.25, -0.2) is 0 Å². The molecule has 1 saturated heterocycles. The predicted molar refractivity (Wildman–Crippen MR) is 84.6 cm³/mol. The lowest BCUT2D eigenvalue weighted by molar-refractivity contribution is -0.117. The van der Waals surface area contributed by atoms with Gasteiger partial charge in [0.1, 0.15) is 11.8 Å². The Bertz CT molecular complexity index is 767. The van der Waals surface area contributed by atoms with E-state index in [4.69, 9.17) is 10.00 Å². The van der Waals surface area contributed by atoms with E-state index in [9.17, 15) is 4.79 Å². The Morgan fingerprint density at radius 3 is 2.78 bits per heavy atom. The van der Waals surface area contributed by atoms with Crippen LogP contribution in [0.25, 0.3) is 0 Å². The number of ether oxygens (including phenoxy) is 1. The van der Waals surface area contributed by atoms with Crippen molar-refractivity contribution < 1.29 is 9.53 Å². The lowest BCUT2D eigenvalue weighted by Crippen LogP contribution is -2.24. The quantitative estimate of drug-likeness (QED) is 0.931. The van der Waals surface area contributed by atoms with Crippen LogP contribution >= 0.6 is 0 Å². The van der Waals surface area contributed by atoms with Gasteiger partial charge in [-0.1, -0.05) is 0 Å². The van der Waals surface area contributed by atoms with Crippen LogP contribution in [0.3, 0.4) is 0 Å². The molecule has 1 aliphatic rings. The Balaban J connectivity index is 1.83. The molecule has 0 unspecified atom stereocenters. The smallest absolute Gasteiger partial charge is 0.227 e. The first kappa shape index (κ1) is 14.8. The molecule has 1 N–H and O–H groups in total. The summed E-state index contributed by atoms with van der Waals surface area (Å²) >= 11 is 0. The van der Waals surface area contributed by atoms with Crippen molar-refractivity contribution in [2.75, 3.05) is 23.9 Å². The fraction of sp³-hybridized carbons (Fsp3) is 0.250. The number of carbonyl (C=O) groups is 1. The van der Waals surface area contributed by atoms with Crippen LogP contribution < -0.4 is 15.0 Å². The molecule has 23 heavy (non-hydrogen) atoms. The zero-order chi connectivity index (χ0) is 16.2. The normalized spacial score (nSPS) is 13.7. The summed E-state index contributed by atoms with van der Waals surface area (Å²) in [5, 5.41) is 19.5. The number of nitriles is 1. The minimum atomic E-state index is 0.113. The van der Waals surface area contributed by atoms with Crippen molar-refractivity contribution in [3.8, 4) is 11.8 Å². The largest absolute Gasteiger partial charge is 0.494 e. The molecular formula is C16H15N5O2. The van der Waals surface area contributed by atoms with Gasteiger partial charge >= 0.3 is 0 Å². The molecular weight excluding hydrogens is 294 g/mol. The number of nitrogens with zero attached hydrogens (tertiary/aromatic N) is 4. The van der Waals surface area contributed by atoms with E-state index in [2.05, 4.69) is 15.5 Å². The number of hydrogen-bond acceptors (Lipinski definition) is 6. The summed E-state index contributed by atoms with van der Waals surface area (Å²) in [6.45, 7) is 0.711. The van der Waals surface area contributed by atoms with Gasteiger partial charge in [0.05, 0.1) is 12.8 Å². The second-order valence-corrected chi connectivity index (χ2v) is 5.08. The molecule has 0 aliphatic carbocycles. The fourth-order valence-electron chi connectivity index (χ4n) is 2.49. The highest BCUT2D eigenvalue weighted by Crippen LogP contribution is 2.34. The molecule has 2 heterocycles. The third kappa shape index (κ3) is 3.06. The Labute approximate surface area is 133 Å². The van der Waals surface area contributed by atoms with E-state index in [0.29, 0.717) is 24.5 Å². The number of hydrogen-bond donors (Lipinski definition) is 1. The second-order valence-electron chi connectivity index (χ2n) is 5.08. The maximum absolute atomic E-state index is 11.9. The number of carbonyl (C=O) groups excluding carboxylic acids is 1. The summed E-state index contributed by atoms with van der Waals surface area (Å²) in [6.07, 6.45) is 1.44. The SMILES string of the molecule is COc1cc(Nc2ccc(C#N)nn2)ccc1N1CCCC1=O. The summed E-state index contributed by atoms with van der Waals surface area (Å²) in [6, 6.07) is 10.7. The van der Waals surface area contributed by atoms with Crippen molar-refractivity contribution in [1.82, 2.24) is 10.2 Å². The molecule has 0 bridgehead atoms. The average Bonchev–Trinajstić information content (AvgIpc) is 3.01.